The summed E-state index contributed by atoms with van der Waals surface area (Å²) in [6.45, 7) is -0.238. The fraction of sp³-hybridized carbons (Fsp3) is 0.222. The summed E-state index contributed by atoms with van der Waals surface area (Å²) in [6.07, 6.45) is 0. The fourth-order valence-electron chi connectivity index (χ4n) is 0.783. The summed E-state index contributed by atoms with van der Waals surface area (Å²) in [5.74, 6) is -0.662. The molecular weight excluding hydrogens is 255 g/mol. The van der Waals surface area contributed by atoms with E-state index in [1.165, 1.54) is 25.3 Å². The van der Waals surface area contributed by atoms with E-state index in [1.54, 1.807) is 0 Å². The Bertz CT molecular complexity index is 341. The number of hydrogen-bond acceptors (Lipinski definition) is 3. The van der Waals surface area contributed by atoms with Crippen molar-refractivity contribution in [1.29, 1.82) is 0 Å². The fourth-order valence-corrected chi connectivity index (χ4v) is 1.14. The van der Waals surface area contributed by atoms with Gasteiger partial charge in [0.05, 0.1) is 11.6 Å². The molecule has 3 nitrogen and oxygen atoms in total. The van der Waals surface area contributed by atoms with E-state index in [1.807, 2.05) is 0 Å². The van der Waals surface area contributed by atoms with Crippen molar-refractivity contribution in [2.24, 2.45) is 0 Å². The minimum absolute atomic E-state index is 0.238. The van der Waals surface area contributed by atoms with Crippen molar-refractivity contribution >= 4 is 21.9 Å². The lowest BCUT2D eigenvalue weighted by molar-refractivity contribution is -0.142. The van der Waals surface area contributed by atoms with Crippen LogP contribution in [0.3, 0.4) is 0 Å². The van der Waals surface area contributed by atoms with Crippen LogP contribution in [0.5, 0.6) is 5.75 Å². The van der Waals surface area contributed by atoms with Gasteiger partial charge >= 0.3 is 5.97 Å². The summed E-state index contributed by atoms with van der Waals surface area (Å²) < 4.78 is 22.7. The molecule has 0 unspecified atom stereocenters. The Balaban J connectivity index is 2.66. The number of halogens is 2. The van der Waals surface area contributed by atoms with E-state index in [0.29, 0.717) is 4.47 Å². The second-order valence-corrected chi connectivity index (χ2v) is 3.29. The maximum atomic E-state index is 12.7. The molecule has 0 aliphatic carbocycles. The highest BCUT2D eigenvalue weighted by molar-refractivity contribution is 9.10. The average Bonchev–Trinajstić information content (AvgIpc) is 2.19. The molecule has 0 aliphatic heterocycles. The Hall–Kier alpha value is -1.10. The highest BCUT2D eigenvalue weighted by Crippen LogP contribution is 2.25. The molecule has 1 rings (SSSR count). The summed E-state index contributed by atoms with van der Waals surface area (Å²) in [5, 5.41) is 0. The molecule has 0 heterocycles. The molecule has 0 saturated carbocycles. The van der Waals surface area contributed by atoms with E-state index < -0.39 is 11.8 Å². The molecule has 5 heteroatoms. The Labute approximate surface area is 88.9 Å². The van der Waals surface area contributed by atoms with Crippen molar-refractivity contribution in [1.82, 2.24) is 0 Å². The first kappa shape index (κ1) is 11.0. The van der Waals surface area contributed by atoms with E-state index in [9.17, 15) is 9.18 Å². The number of ether oxygens (including phenoxy) is 2. The number of esters is 1. The van der Waals surface area contributed by atoms with Gasteiger partial charge in [0.1, 0.15) is 11.6 Å². The first-order valence-electron chi connectivity index (χ1n) is 3.78. The Morgan fingerprint density at radius 3 is 2.93 bits per heavy atom. The Morgan fingerprint density at radius 2 is 2.29 bits per heavy atom. The third kappa shape index (κ3) is 2.99. The zero-order chi connectivity index (χ0) is 10.6. The van der Waals surface area contributed by atoms with Crippen LogP contribution < -0.4 is 4.74 Å². The molecule has 0 bridgehead atoms. The molecule has 0 N–H and O–H groups in total. The van der Waals surface area contributed by atoms with Gasteiger partial charge in [0, 0.05) is 6.07 Å². The quantitative estimate of drug-likeness (QED) is 0.784. The van der Waals surface area contributed by atoms with E-state index in [-0.39, 0.29) is 12.4 Å². The molecule has 1 aromatic carbocycles. The first-order chi connectivity index (χ1) is 6.63. The molecule has 76 valence electrons. The number of methoxy groups -OCH3 is 1. The van der Waals surface area contributed by atoms with Crippen LogP contribution >= 0.6 is 15.9 Å². The molecule has 0 aromatic heterocycles. The predicted molar refractivity (Wildman–Crippen MR) is 51.6 cm³/mol. The van der Waals surface area contributed by atoms with Crippen molar-refractivity contribution in [3.63, 3.8) is 0 Å². The standard InChI is InChI=1S/C9H8BrFO3/c1-13-9(12)5-14-8-4-6(11)2-3-7(8)10/h2-4H,5H2,1H3. The summed E-state index contributed by atoms with van der Waals surface area (Å²) in [6, 6.07) is 3.98. The molecule has 0 radical (unpaired) electrons. The lowest BCUT2D eigenvalue weighted by Crippen LogP contribution is -2.12. The van der Waals surface area contributed by atoms with Crippen LogP contribution in [0.25, 0.3) is 0 Å². The van der Waals surface area contributed by atoms with Crippen LogP contribution in [0.1, 0.15) is 0 Å². The third-order valence-electron chi connectivity index (χ3n) is 1.47. The number of carbonyl (C=O) groups excluding carboxylic acids is 1. The van der Waals surface area contributed by atoms with Crippen molar-refractivity contribution in [3.05, 3.63) is 28.5 Å². The van der Waals surface area contributed by atoms with Gasteiger partial charge in [0.15, 0.2) is 6.61 Å². The molecule has 0 atom stereocenters. The third-order valence-corrected chi connectivity index (χ3v) is 2.12. The number of rotatable bonds is 3. The lowest BCUT2D eigenvalue weighted by atomic mass is 10.3. The largest absolute Gasteiger partial charge is 0.481 e. The van der Waals surface area contributed by atoms with Crippen LogP contribution in [0, 0.1) is 5.82 Å². The van der Waals surface area contributed by atoms with Crippen molar-refractivity contribution in [2.75, 3.05) is 13.7 Å². The first-order valence-corrected chi connectivity index (χ1v) is 4.57. The maximum Gasteiger partial charge on any atom is 0.343 e. The zero-order valence-electron chi connectivity index (χ0n) is 7.42. The Morgan fingerprint density at radius 1 is 1.57 bits per heavy atom. The van der Waals surface area contributed by atoms with E-state index in [4.69, 9.17) is 4.74 Å². The second-order valence-electron chi connectivity index (χ2n) is 2.44. The predicted octanol–water partition coefficient (Wildman–Crippen LogP) is 2.14. The van der Waals surface area contributed by atoms with Crippen LogP contribution in [-0.4, -0.2) is 19.7 Å². The molecule has 0 spiro atoms. The average molecular weight is 263 g/mol. The van der Waals surface area contributed by atoms with Gasteiger partial charge in [0.25, 0.3) is 0 Å². The van der Waals surface area contributed by atoms with Gasteiger partial charge in [0.2, 0.25) is 0 Å². The van der Waals surface area contributed by atoms with Gasteiger partial charge in [-0.25, -0.2) is 9.18 Å². The SMILES string of the molecule is COC(=O)COc1cc(F)ccc1Br. The molecular formula is C9H8BrFO3. The van der Waals surface area contributed by atoms with Gasteiger partial charge < -0.3 is 9.47 Å². The monoisotopic (exact) mass is 262 g/mol. The second kappa shape index (κ2) is 4.95. The Kier molecular flexibility index (Phi) is 3.88. The van der Waals surface area contributed by atoms with Gasteiger partial charge in [-0.2, -0.15) is 0 Å². The molecule has 0 amide bonds. The molecule has 0 fully saturated rings. The highest BCUT2D eigenvalue weighted by Gasteiger charge is 2.06. The van der Waals surface area contributed by atoms with E-state index >= 15 is 0 Å². The molecule has 0 saturated heterocycles. The van der Waals surface area contributed by atoms with Crippen molar-refractivity contribution < 1.29 is 18.7 Å². The van der Waals surface area contributed by atoms with E-state index in [0.717, 1.165) is 0 Å². The highest BCUT2D eigenvalue weighted by atomic mass is 79.9. The smallest absolute Gasteiger partial charge is 0.343 e. The normalized spacial score (nSPS) is 9.64. The molecule has 1 aromatic rings. The summed E-state index contributed by atoms with van der Waals surface area (Å²) in [5.41, 5.74) is 0. The maximum absolute atomic E-state index is 12.7. The number of hydrogen-bond donors (Lipinski definition) is 0. The van der Waals surface area contributed by atoms with Gasteiger partial charge in [-0.3, -0.25) is 0 Å². The summed E-state index contributed by atoms with van der Waals surface area (Å²) in [4.78, 5) is 10.7. The van der Waals surface area contributed by atoms with Crippen LogP contribution in [-0.2, 0) is 9.53 Å². The van der Waals surface area contributed by atoms with Gasteiger partial charge in [-0.1, -0.05) is 0 Å². The topological polar surface area (TPSA) is 35.5 Å². The summed E-state index contributed by atoms with van der Waals surface area (Å²) >= 11 is 3.16. The molecule has 14 heavy (non-hydrogen) atoms. The van der Waals surface area contributed by atoms with Gasteiger partial charge in [-0.05, 0) is 28.1 Å². The van der Waals surface area contributed by atoms with Crippen LogP contribution in [0.15, 0.2) is 22.7 Å². The number of carbonyl (C=O) groups is 1. The van der Waals surface area contributed by atoms with Gasteiger partial charge in [-0.15, -0.1) is 0 Å². The van der Waals surface area contributed by atoms with Crippen molar-refractivity contribution in [2.45, 2.75) is 0 Å². The van der Waals surface area contributed by atoms with Crippen LogP contribution in [0.2, 0.25) is 0 Å². The van der Waals surface area contributed by atoms with Crippen LogP contribution in [0.4, 0.5) is 4.39 Å². The molecule has 0 aliphatic rings. The minimum Gasteiger partial charge on any atom is -0.481 e. The summed E-state index contributed by atoms with van der Waals surface area (Å²) in [7, 11) is 1.26. The van der Waals surface area contributed by atoms with Crippen molar-refractivity contribution in [3.8, 4) is 5.75 Å². The number of benzene rings is 1. The minimum atomic E-state index is -0.513. The van der Waals surface area contributed by atoms with E-state index in [2.05, 4.69) is 20.7 Å². The zero-order valence-corrected chi connectivity index (χ0v) is 9.01. The lowest BCUT2D eigenvalue weighted by Gasteiger charge is -2.06.